The van der Waals surface area contributed by atoms with Crippen molar-refractivity contribution in [2.75, 3.05) is 0 Å². The Morgan fingerprint density at radius 3 is 1.88 bits per heavy atom. The molecule has 56 valence electrons. The van der Waals surface area contributed by atoms with Gasteiger partial charge in [0.1, 0.15) is 0 Å². The van der Waals surface area contributed by atoms with Crippen LogP contribution in [-0.2, 0) is 28.4 Å². The van der Waals surface area contributed by atoms with E-state index in [9.17, 15) is 0 Å². The molecule has 0 aromatic rings. The fourth-order valence-corrected chi connectivity index (χ4v) is 3.53. The molecule has 8 heteroatoms. The molecule has 0 aromatic heterocycles. The van der Waals surface area contributed by atoms with Gasteiger partial charge in [-0.1, -0.05) is 0 Å². The topological polar surface area (TPSA) is 24.7 Å². The summed E-state index contributed by atoms with van der Waals surface area (Å²) in [4.78, 5) is 0. The Morgan fingerprint density at radius 2 is 1.75 bits per heavy atom. The number of hydrogen-bond donors (Lipinski definition) is 0. The Balaban J connectivity index is 3.52. The number of hydrogen-bond acceptors (Lipinski definition) is 2. The molecule has 0 N–H and O–H groups in total. The molecule has 8 heavy (non-hydrogen) atoms. The summed E-state index contributed by atoms with van der Waals surface area (Å²) in [5, 5.41) is 0. The summed E-state index contributed by atoms with van der Waals surface area (Å²) >= 11 is -3.51. The molecule has 0 rings (SSSR count). The van der Waals surface area contributed by atoms with Gasteiger partial charge in [-0.2, -0.15) is 0 Å². The molecule has 2 nitrogen and oxygen atoms in total. The summed E-state index contributed by atoms with van der Waals surface area (Å²) < 4.78 is 6.73. The van der Waals surface area contributed by atoms with E-state index in [0.29, 0.717) is 0 Å². The van der Waals surface area contributed by atoms with Crippen molar-refractivity contribution in [2.45, 2.75) is 0 Å². The number of nitrogens with zero attached hydrogens (tertiary/aromatic N) is 2. The zero-order valence-electron chi connectivity index (χ0n) is 3.07. The minimum atomic E-state index is -3.06. The van der Waals surface area contributed by atoms with Crippen LogP contribution in [0.4, 0.5) is 0 Å². The molecule has 0 radical (unpaired) electrons. The normalized spacial score (nSPS) is 15.5. The third-order valence-electron chi connectivity index (χ3n) is 0.123. The average Bonchev–Trinajstić information content (AvgIpc) is 1.59. The van der Waals surface area contributed by atoms with Gasteiger partial charge in [0, 0.05) is 0 Å². The second kappa shape index (κ2) is 4.77. The Bertz CT molecular complexity index is 84.5. The van der Waals surface area contributed by atoms with Crippen molar-refractivity contribution in [1.29, 1.82) is 0 Å². The Morgan fingerprint density at radius 1 is 1.25 bits per heavy atom. The molecule has 0 atom stereocenters. The molecule has 0 aliphatic rings. The fraction of sp³-hybridized carbons (Fsp3) is 0. The molecule has 0 fully saturated rings. The van der Waals surface area contributed by atoms with E-state index in [4.69, 9.17) is 38.8 Å². The first kappa shape index (κ1) is 10.0. The van der Waals surface area contributed by atoms with E-state index in [2.05, 4.69) is 7.71 Å². The third-order valence-corrected chi connectivity index (χ3v) is 2.57. The molecule has 0 aliphatic carbocycles. The zero-order chi connectivity index (χ0) is 6.62. The standard InChI is InChI=1S/4ClH.N2.2Rh/c;;;;1-2;;/h4*1H;;;/q;;;;-2;+2;+4/p-4. The van der Waals surface area contributed by atoms with Crippen molar-refractivity contribution in [3.05, 3.63) is 0 Å². The van der Waals surface area contributed by atoms with Gasteiger partial charge in [0.25, 0.3) is 0 Å². The summed E-state index contributed by atoms with van der Waals surface area (Å²) in [6, 6.07) is 0. The maximum atomic E-state index is 5.29. The second-order valence-corrected chi connectivity index (χ2v) is 12.4. The molecule has 0 aliphatic heterocycles. The SMILES string of the molecule is [Cl][Rh][N]=[N][Rh]([Cl])([Cl])[Cl]. The minimum absolute atomic E-state index is 0.454. The van der Waals surface area contributed by atoms with Gasteiger partial charge < -0.3 is 0 Å². The van der Waals surface area contributed by atoms with Crippen LogP contribution in [0.5, 0.6) is 0 Å². The average molecular weight is 376 g/mol. The Kier molecular flexibility index (Phi) is 5.96. The summed E-state index contributed by atoms with van der Waals surface area (Å²) in [6.45, 7) is 0. The van der Waals surface area contributed by atoms with Gasteiger partial charge in [-0.25, -0.2) is 0 Å². The van der Waals surface area contributed by atoms with Gasteiger partial charge in [-0.3, -0.25) is 0 Å². The first-order valence-corrected chi connectivity index (χ1v) is 10.9. The summed E-state index contributed by atoms with van der Waals surface area (Å²) in [5.74, 6) is 0. The van der Waals surface area contributed by atoms with E-state index < -0.39 is 28.4 Å². The van der Waals surface area contributed by atoms with Crippen LogP contribution in [0, 0.1) is 0 Å². The van der Waals surface area contributed by atoms with E-state index in [1.54, 1.807) is 0 Å². The molecule has 0 bridgehead atoms. The quantitative estimate of drug-likeness (QED) is 0.523. The van der Waals surface area contributed by atoms with Crippen LogP contribution in [0.1, 0.15) is 0 Å². The predicted molar refractivity (Wildman–Crippen MR) is 28.3 cm³/mol. The molecule has 0 aromatic carbocycles. The van der Waals surface area contributed by atoms with Gasteiger partial charge in [0.2, 0.25) is 0 Å². The molecule has 0 unspecified atom stereocenters. The van der Waals surface area contributed by atoms with E-state index in [-0.39, 0.29) is 0 Å². The number of halogens is 4. The van der Waals surface area contributed by atoms with Crippen molar-refractivity contribution >= 4 is 38.8 Å². The first-order valence-electron chi connectivity index (χ1n) is 1.00. The van der Waals surface area contributed by atoms with E-state index in [0.717, 1.165) is 0 Å². The molecule has 0 amide bonds. The van der Waals surface area contributed by atoms with Crippen LogP contribution in [0.2, 0.25) is 0 Å². The Hall–Kier alpha value is 2.01. The molecule has 0 heterocycles. The van der Waals surface area contributed by atoms with Crippen LogP contribution in [0.15, 0.2) is 7.71 Å². The monoisotopic (exact) mass is 374 g/mol. The molecular weight excluding hydrogens is 376 g/mol. The summed E-state index contributed by atoms with van der Waals surface area (Å²) in [5.41, 5.74) is 0. The van der Waals surface area contributed by atoms with Gasteiger partial charge in [-0.05, 0) is 0 Å². The molecule has 0 spiro atoms. The summed E-state index contributed by atoms with van der Waals surface area (Å²) in [6.07, 6.45) is 0. The zero-order valence-corrected chi connectivity index (χ0v) is 9.37. The molecule has 0 saturated carbocycles. The van der Waals surface area contributed by atoms with Crippen LogP contribution in [0.3, 0.4) is 0 Å². The molecular formula is Cl4N2Rh2. The van der Waals surface area contributed by atoms with Gasteiger partial charge in [0.15, 0.2) is 0 Å². The van der Waals surface area contributed by atoms with Crippen molar-refractivity contribution in [3.63, 3.8) is 0 Å². The molecule has 0 saturated heterocycles. The first-order chi connectivity index (χ1) is 3.56. The van der Waals surface area contributed by atoms with Crippen molar-refractivity contribution in [3.8, 4) is 0 Å². The van der Waals surface area contributed by atoms with Gasteiger partial charge in [-0.15, -0.1) is 0 Å². The van der Waals surface area contributed by atoms with E-state index in [1.165, 1.54) is 0 Å². The van der Waals surface area contributed by atoms with Crippen molar-refractivity contribution < 1.29 is 28.4 Å². The number of rotatable bonds is 2. The van der Waals surface area contributed by atoms with Crippen LogP contribution in [0.25, 0.3) is 0 Å². The van der Waals surface area contributed by atoms with Crippen molar-refractivity contribution in [2.24, 2.45) is 7.71 Å². The van der Waals surface area contributed by atoms with Crippen LogP contribution in [-0.4, -0.2) is 0 Å². The van der Waals surface area contributed by atoms with Crippen LogP contribution < -0.4 is 0 Å². The van der Waals surface area contributed by atoms with Gasteiger partial charge in [0.05, 0.1) is 0 Å². The van der Waals surface area contributed by atoms with E-state index >= 15 is 0 Å². The predicted octanol–water partition coefficient (Wildman–Crippen LogP) is 3.12. The van der Waals surface area contributed by atoms with Crippen LogP contribution >= 0.6 is 38.8 Å². The fourth-order valence-electron chi connectivity index (χ4n) is 0.0336. The summed E-state index contributed by atoms with van der Waals surface area (Å²) in [7, 11) is 21.1. The maximum absolute atomic E-state index is 5.29. The second-order valence-electron chi connectivity index (χ2n) is 0.502. The Labute approximate surface area is 74.0 Å². The third kappa shape index (κ3) is 8.01. The van der Waals surface area contributed by atoms with E-state index in [1.807, 2.05) is 0 Å². The van der Waals surface area contributed by atoms with Crippen molar-refractivity contribution in [1.82, 2.24) is 0 Å². The van der Waals surface area contributed by atoms with Gasteiger partial charge >= 0.3 is 74.9 Å².